The molecule has 128 valence electrons. The van der Waals surface area contributed by atoms with Crippen LogP contribution in [0.25, 0.3) is 0 Å². The van der Waals surface area contributed by atoms with E-state index in [4.69, 9.17) is 0 Å². The highest BCUT2D eigenvalue weighted by Gasteiger charge is 2.04. The Hall–Kier alpha value is -2.40. The predicted molar refractivity (Wildman–Crippen MR) is 101 cm³/mol. The van der Waals surface area contributed by atoms with Gasteiger partial charge in [-0.25, -0.2) is 4.37 Å². The van der Waals surface area contributed by atoms with Crippen molar-refractivity contribution in [2.45, 2.75) is 34.2 Å². The van der Waals surface area contributed by atoms with Crippen molar-refractivity contribution in [3.8, 4) is 0 Å². The first-order chi connectivity index (χ1) is 11.6. The number of aromatic amines is 1. The van der Waals surface area contributed by atoms with E-state index < -0.39 is 0 Å². The summed E-state index contributed by atoms with van der Waals surface area (Å²) in [5.41, 5.74) is 4.33. The van der Waals surface area contributed by atoms with Gasteiger partial charge < -0.3 is 10.3 Å². The Morgan fingerprint density at radius 2 is 1.75 bits per heavy atom. The Morgan fingerprint density at radius 1 is 1.12 bits per heavy atom. The van der Waals surface area contributed by atoms with Gasteiger partial charge in [0.15, 0.2) is 0 Å². The maximum absolute atomic E-state index is 11.5. The average Bonchev–Trinajstić information content (AvgIpc) is 3.31. The highest BCUT2D eigenvalue weighted by atomic mass is 32.1. The second-order valence-electron chi connectivity index (χ2n) is 4.97. The topological polar surface area (TPSA) is 57.8 Å². The molecule has 2 aromatic heterocycles. The summed E-state index contributed by atoms with van der Waals surface area (Å²) in [5.74, 6) is -0.0718. The molecule has 0 spiro atoms. The van der Waals surface area contributed by atoms with Gasteiger partial charge in [-0.1, -0.05) is 49.2 Å². The first-order valence-electron chi connectivity index (χ1n) is 7.97. The van der Waals surface area contributed by atoms with Crippen LogP contribution in [0, 0.1) is 13.8 Å². The van der Waals surface area contributed by atoms with Crippen molar-refractivity contribution in [1.82, 2.24) is 14.7 Å². The van der Waals surface area contributed by atoms with Gasteiger partial charge in [-0.2, -0.15) is 0 Å². The molecular formula is C19H25N3OS. The Balaban J connectivity index is 0.000000245. The van der Waals surface area contributed by atoms with Gasteiger partial charge in [0.1, 0.15) is 0 Å². The van der Waals surface area contributed by atoms with Crippen molar-refractivity contribution in [3.63, 3.8) is 0 Å². The van der Waals surface area contributed by atoms with E-state index in [9.17, 15) is 4.79 Å². The van der Waals surface area contributed by atoms with Gasteiger partial charge >= 0.3 is 0 Å². The zero-order chi connectivity index (χ0) is 17.8. The molecule has 0 saturated heterocycles. The normalized spacial score (nSPS) is 9.17. The molecule has 5 heteroatoms. The minimum atomic E-state index is -0.0718. The van der Waals surface area contributed by atoms with Crippen molar-refractivity contribution in [3.05, 3.63) is 76.6 Å². The van der Waals surface area contributed by atoms with Crippen molar-refractivity contribution in [1.29, 1.82) is 0 Å². The number of hydrogen-bond acceptors (Lipinski definition) is 3. The minimum Gasteiger partial charge on any atom is -0.367 e. The van der Waals surface area contributed by atoms with Crippen LogP contribution in [0.3, 0.4) is 0 Å². The van der Waals surface area contributed by atoms with Crippen LogP contribution in [0.5, 0.6) is 0 Å². The molecule has 0 aliphatic rings. The summed E-state index contributed by atoms with van der Waals surface area (Å²) >= 11 is 1.38. The van der Waals surface area contributed by atoms with Gasteiger partial charge in [0.25, 0.3) is 5.91 Å². The first-order valence-corrected chi connectivity index (χ1v) is 8.81. The molecule has 0 aliphatic carbocycles. The lowest BCUT2D eigenvalue weighted by atomic mass is 10.2. The summed E-state index contributed by atoms with van der Waals surface area (Å²) in [5, 5.41) is 4.71. The lowest BCUT2D eigenvalue weighted by Gasteiger charge is -2.00. The Bertz CT molecular complexity index is 653. The summed E-state index contributed by atoms with van der Waals surface area (Å²) in [6.45, 7) is 8.72. The standard InChI is InChI=1S/C9H9N3OS.C8H10.C2H6/c13-9(8-1-2-10-5-8)11-3-7-4-12-14-6-7;1-7-3-5-8(2)6-4-7;1-2/h1-2,4-6,10H,3H2,(H,11,13);3-6H,1-2H3;1-2H3. The number of hydrogen-bond donors (Lipinski definition) is 2. The highest BCUT2D eigenvalue weighted by molar-refractivity contribution is 7.03. The van der Waals surface area contributed by atoms with Crippen molar-refractivity contribution >= 4 is 17.4 Å². The number of carbonyl (C=O) groups excluding carboxylic acids is 1. The third kappa shape index (κ3) is 7.24. The maximum atomic E-state index is 11.5. The van der Waals surface area contributed by atoms with E-state index in [1.54, 1.807) is 24.7 Å². The summed E-state index contributed by atoms with van der Waals surface area (Å²) in [4.78, 5) is 14.3. The largest absolute Gasteiger partial charge is 0.367 e. The lowest BCUT2D eigenvalue weighted by molar-refractivity contribution is 0.0951. The highest BCUT2D eigenvalue weighted by Crippen LogP contribution is 2.02. The van der Waals surface area contributed by atoms with E-state index in [-0.39, 0.29) is 5.91 Å². The third-order valence-corrected chi connectivity index (χ3v) is 3.65. The van der Waals surface area contributed by atoms with Crippen molar-refractivity contribution < 1.29 is 4.79 Å². The third-order valence-electron chi connectivity index (χ3n) is 3.01. The van der Waals surface area contributed by atoms with Gasteiger partial charge in [-0.3, -0.25) is 4.79 Å². The van der Waals surface area contributed by atoms with Crippen LogP contribution in [0.2, 0.25) is 0 Å². The van der Waals surface area contributed by atoms with E-state index in [1.165, 1.54) is 22.7 Å². The quantitative estimate of drug-likeness (QED) is 0.722. The molecule has 24 heavy (non-hydrogen) atoms. The average molecular weight is 343 g/mol. The Kier molecular flexibility index (Phi) is 9.16. The number of carbonyl (C=O) groups is 1. The number of aryl methyl sites for hydroxylation is 2. The fourth-order valence-corrected chi connectivity index (χ4v) is 2.24. The van der Waals surface area contributed by atoms with Gasteiger partial charge in [-0.05, 0) is 31.4 Å². The molecule has 3 rings (SSSR count). The molecule has 1 amide bonds. The summed E-state index contributed by atoms with van der Waals surface area (Å²) in [6, 6.07) is 10.2. The number of H-pyrrole nitrogens is 1. The van der Waals surface area contributed by atoms with Crippen molar-refractivity contribution in [2.24, 2.45) is 0 Å². The molecule has 0 unspecified atom stereocenters. The molecule has 0 aliphatic heterocycles. The second kappa shape index (κ2) is 11.2. The van der Waals surface area contributed by atoms with Gasteiger partial charge in [0.05, 0.1) is 5.56 Å². The Labute approximate surface area is 148 Å². The number of rotatable bonds is 3. The van der Waals surface area contributed by atoms with Crippen LogP contribution in [-0.4, -0.2) is 15.3 Å². The van der Waals surface area contributed by atoms with E-state index in [0.29, 0.717) is 12.1 Å². The van der Waals surface area contributed by atoms with Crippen LogP contribution in [0.4, 0.5) is 0 Å². The second-order valence-corrected chi connectivity index (χ2v) is 5.63. The fraction of sp³-hybridized carbons (Fsp3) is 0.263. The number of nitrogens with zero attached hydrogens (tertiary/aromatic N) is 1. The van der Waals surface area contributed by atoms with E-state index in [0.717, 1.165) is 5.56 Å². The minimum absolute atomic E-state index is 0.0718. The number of benzene rings is 1. The first kappa shape index (κ1) is 19.6. The SMILES string of the molecule is CC.Cc1ccc(C)cc1.O=C(NCc1cnsc1)c1cc[nH]c1. The Morgan fingerprint density at radius 3 is 2.21 bits per heavy atom. The zero-order valence-electron chi connectivity index (χ0n) is 14.7. The van der Waals surface area contributed by atoms with E-state index in [1.807, 2.05) is 19.2 Å². The summed E-state index contributed by atoms with van der Waals surface area (Å²) < 4.78 is 3.95. The number of nitrogens with one attached hydrogen (secondary N) is 2. The van der Waals surface area contributed by atoms with Crippen LogP contribution < -0.4 is 5.32 Å². The maximum Gasteiger partial charge on any atom is 0.253 e. The fourth-order valence-electron chi connectivity index (χ4n) is 1.70. The van der Waals surface area contributed by atoms with Gasteiger partial charge in [0.2, 0.25) is 0 Å². The molecule has 0 radical (unpaired) electrons. The molecule has 4 nitrogen and oxygen atoms in total. The molecule has 0 fully saturated rings. The molecular weight excluding hydrogens is 318 g/mol. The van der Waals surface area contributed by atoms with Crippen LogP contribution >= 0.6 is 11.5 Å². The van der Waals surface area contributed by atoms with Gasteiger partial charge in [-0.15, -0.1) is 0 Å². The van der Waals surface area contributed by atoms with E-state index in [2.05, 4.69) is 52.8 Å². The monoisotopic (exact) mass is 343 g/mol. The van der Waals surface area contributed by atoms with Crippen LogP contribution in [-0.2, 0) is 6.54 Å². The molecule has 0 atom stereocenters. The molecule has 0 bridgehead atoms. The van der Waals surface area contributed by atoms with Crippen LogP contribution in [0.1, 0.15) is 40.9 Å². The molecule has 1 aromatic carbocycles. The van der Waals surface area contributed by atoms with Crippen LogP contribution in [0.15, 0.2) is 54.3 Å². The zero-order valence-corrected chi connectivity index (χ0v) is 15.5. The predicted octanol–water partition coefficient (Wildman–Crippen LogP) is 4.73. The molecule has 3 aromatic rings. The molecule has 0 saturated carbocycles. The summed E-state index contributed by atoms with van der Waals surface area (Å²) in [6.07, 6.45) is 5.14. The smallest absolute Gasteiger partial charge is 0.253 e. The summed E-state index contributed by atoms with van der Waals surface area (Å²) in [7, 11) is 0. The van der Waals surface area contributed by atoms with E-state index >= 15 is 0 Å². The van der Waals surface area contributed by atoms with Gasteiger partial charge in [0, 0.05) is 36.1 Å². The number of aromatic nitrogens is 2. The lowest BCUT2D eigenvalue weighted by Crippen LogP contribution is -2.21. The van der Waals surface area contributed by atoms with Crippen molar-refractivity contribution in [2.75, 3.05) is 0 Å². The molecule has 2 heterocycles. The molecule has 2 N–H and O–H groups in total. The number of amides is 1.